The van der Waals surface area contributed by atoms with Crippen LogP contribution >= 0.6 is 0 Å². The average molecular weight is 272 g/mol. The van der Waals surface area contributed by atoms with Crippen molar-refractivity contribution >= 4 is 6.09 Å². The molecular formula is C14H28N2O3. The summed E-state index contributed by atoms with van der Waals surface area (Å²) in [6.45, 7) is 8.77. The Kier molecular flexibility index (Phi) is 5.62. The first kappa shape index (κ1) is 16.2. The van der Waals surface area contributed by atoms with E-state index in [2.05, 4.69) is 0 Å². The number of likely N-dealkylation sites (tertiary alicyclic amines) is 1. The van der Waals surface area contributed by atoms with Crippen LogP contribution in [0.4, 0.5) is 4.79 Å². The highest BCUT2D eigenvalue weighted by molar-refractivity contribution is 5.68. The summed E-state index contributed by atoms with van der Waals surface area (Å²) in [6, 6.07) is -0.168. The lowest BCUT2D eigenvalue weighted by Crippen LogP contribution is -2.43. The number of piperidine rings is 1. The third-order valence-corrected chi connectivity index (χ3v) is 3.49. The van der Waals surface area contributed by atoms with E-state index >= 15 is 0 Å². The van der Waals surface area contributed by atoms with Crippen LogP contribution in [0.3, 0.4) is 0 Å². The Labute approximate surface area is 116 Å². The smallest absolute Gasteiger partial charge is 0.410 e. The Morgan fingerprint density at radius 2 is 1.95 bits per heavy atom. The maximum Gasteiger partial charge on any atom is 0.410 e. The number of aliphatic hydroxyl groups excluding tert-OH is 1. The van der Waals surface area contributed by atoms with Gasteiger partial charge in [0.05, 0.1) is 6.10 Å². The fourth-order valence-corrected chi connectivity index (χ4v) is 2.26. The van der Waals surface area contributed by atoms with Gasteiger partial charge in [0.1, 0.15) is 5.60 Å². The molecule has 0 aromatic rings. The zero-order valence-electron chi connectivity index (χ0n) is 12.6. The minimum atomic E-state index is -0.469. The van der Waals surface area contributed by atoms with Crippen LogP contribution in [0.1, 0.15) is 47.0 Å². The Morgan fingerprint density at radius 1 is 1.42 bits per heavy atom. The van der Waals surface area contributed by atoms with E-state index in [1.807, 2.05) is 20.8 Å². The molecule has 0 saturated carbocycles. The molecule has 3 N–H and O–H groups in total. The van der Waals surface area contributed by atoms with Crippen molar-refractivity contribution in [2.45, 2.75) is 64.7 Å². The van der Waals surface area contributed by atoms with Gasteiger partial charge >= 0.3 is 6.09 Å². The van der Waals surface area contributed by atoms with Gasteiger partial charge in [-0.3, -0.25) is 0 Å². The highest BCUT2D eigenvalue weighted by Gasteiger charge is 2.28. The van der Waals surface area contributed by atoms with Crippen LogP contribution in [0.15, 0.2) is 0 Å². The number of ether oxygens (including phenoxy) is 1. The molecule has 1 aliphatic heterocycles. The lowest BCUT2D eigenvalue weighted by molar-refractivity contribution is 0.0172. The fourth-order valence-electron chi connectivity index (χ4n) is 2.26. The van der Waals surface area contributed by atoms with Crippen molar-refractivity contribution in [1.29, 1.82) is 0 Å². The van der Waals surface area contributed by atoms with Gasteiger partial charge in [0.25, 0.3) is 0 Å². The number of hydrogen-bond donors (Lipinski definition) is 2. The zero-order valence-corrected chi connectivity index (χ0v) is 12.6. The first-order valence-electron chi connectivity index (χ1n) is 7.10. The molecule has 1 heterocycles. The van der Waals surface area contributed by atoms with E-state index in [1.54, 1.807) is 11.8 Å². The molecule has 0 aromatic heterocycles. The van der Waals surface area contributed by atoms with Gasteiger partial charge in [0, 0.05) is 19.1 Å². The number of carbonyl (C=O) groups excluding carboxylic acids is 1. The van der Waals surface area contributed by atoms with Crippen LogP contribution in [0.5, 0.6) is 0 Å². The van der Waals surface area contributed by atoms with Crippen LogP contribution in [0.2, 0.25) is 0 Å². The lowest BCUT2D eigenvalue weighted by Gasteiger charge is -2.34. The summed E-state index contributed by atoms with van der Waals surface area (Å²) in [6.07, 6.45) is 1.98. The molecule has 1 aliphatic rings. The Morgan fingerprint density at radius 3 is 2.37 bits per heavy atom. The molecule has 0 bridgehead atoms. The molecule has 2 atom stereocenters. The summed E-state index contributed by atoms with van der Waals surface area (Å²) in [5, 5.41) is 9.41. The number of carbonyl (C=O) groups is 1. The summed E-state index contributed by atoms with van der Waals surface area (Å²) < 4.78 is 5.35. The van der Waals surface area contributed by atoms with E-state index in [0.717, 1.165) is 19.3 Å². The SMILES string of the molecule is C[C@@H](O)[C@H](N)CC1CCN(C(=O)OC(C)(C)C)CC1. The molecule has 1 rings (SSSR count). The summed E-state index contributed by atoms with van der Waals surface area (Å²) >= 11 is 0. The van der Waals surface area contributed by atoms with Crippen LogP contribution in [0.25, 0.3) is 0 Å². The maximum atomic E-state index is 11.9. The van der Waals surface area contributed by atoms with Crippen molar-refractivity contribution in [2.24, 2.45) is 11.7 Å². The normalized spacial score (nSPS) is 21.1. The molecule has 0 aliphatic carbocycles. The monoisotopic (exact) mass is 272 g/mol. The number of amides is 1. The first-order chi connectivity index (χ1) is 8.69. The Hall–Kier alpha value is -0.810. The van der Waals surface area contributed by atoms with Crippen LogP contribution in [-0.4, -0.2) is 46.9 Å². The van der Waals surface area contributed by atoms with Gasteiger partial charge in [0.15, 0.2) is 0 Å². The summed E-state index contributed by atoms with van der Waals surface area (Å²) in [7, 11) is 0. The average Bonchev–Trinajstić information content (AvgIpc) is 2.27. The zero-order chi connectivity index (χ0) is 14.6. The van der Waals surface area contributed by atoms with Crippen molar-refractivity contribution in [3.63, 3.8) is 0 Å². The second kappa shape index (κ2) is 6.57. The van der Waals surface area contributed by atoms with Crippen molar-refractivity contribution < 1.29 is 14.6 Å². The highest BCUT2D eigenvalue weighted by atomic mass is 16.6. The topological polar surface area (TPSA) is 75.8 Å². The molecule has 1 saturated heterocycles. The van der Waals surface area contributed by atoms with E-state index in [-0.39, 0.29) is 12.1 Å². The van der Waals surface area contributed by atoms with E-state index in [0.29, 0.717) is 19.0 Å². The quantitative estimate of drug-likeness (QED) is 0.820. The molecule has 5 heteroatoms. The number of nitrogens with zero attached hydrogens (tertiary/aromatic N) is 1. The number of nitrogens with two attached hydrogens (primary N) is 1. The largest absolute Gasteiger partial charge is 0.444 e. The predicted molar refractivity (Wildman–Crippen MR) is 74.8 cm³/mol. The lowest BCUT2D eigenvalue weighted by atomic mass is 9.89. The second-order valence-electron chi connectivity index (χ2n) is 6.55. The van der Waals surface area contributed by atoms with Crippen molar-refractivity contribution in [1.82, 2.24) is 4.90 Å². The third kappa shape index (κ3) is 5.78. The molecule has 5 nitrogen and oxygen atoms in total. The van der Waals surface area contributed by atoms with Gasteiger partial charge in [-0.25, -0.2) is 4.79 Å². The molecule has 0 unspecified atom stereocenters. The second-order valence-corrected chi connectivity index (χ2v) is 6.55. The number of rotatable bonds is 3. The van der Waals surface area contributed by atoms with Gasteiger partial charge in [-0.15, -0.1) is 0 Å². The van der Waals surface area contributed by atoms with Crippen molar-refractivity contribution in [2.75, 3.05) is 13.1 Å². The summed E-state index contributed by atoms with van der Waals surface area (Å²) in [4.78, 5) is 13.6. The van der Waals surface area contributed by atoms with Gasteiger partial charge < -0.3 is 20.5 Å². The van der Waals surface area contributed by atoms with E-state index in [4.69, 9.17) is 10.5 Å². The van der Waals surface area contributed by atoms with Crippen LogP contribution in [0, 0.1) is 5.92 Å². The van der Waals surface area contributed by atoms with E-state index in [9.17, 15) is 9.90 Å². The molecule has 1 amide bonds. The van der Waals surface area contributed by atoms with Crippen molar-refractivity contribution in [3.8, 4) is 0 Å². The molecule has 0 radical (unpaired) electrons. The third-order valence-electron chi connectivity index (χ3n) is 3.49. The Bertz CT molecular complexity index is 292. The van der Waals surface area contributed by atoms with Crippen molar-refractivity contribution in [3.05, 3.63) is 0 Å². The molecule has 112 valence electrons. The van der Waals surface area contributed by atoms with Gasteiger partial charge in [-0.2, -0.15) is 0 Å². The van der Waals surface area contributed by atoms with Crippen LogP contribution in [-0.2, 0) is 4.74 Å². The summed E-state index contributed by atoms with van der Waals surface area (Å²) in [5.41, 5.74) is 5.43. The van der Waals surface area contributed by atoms with E-state index < -0.39 is 11.7 Å². The molecule has 0 aromatic carbocycles. The Balaban J connectivity index is 2.35. The van der Waals surface area contributed by atoms with Gasteiger partial charge in [-0.05, 0) is 52.9 Å². The standard InChI is InChI=1S/C14H28N2O3/c1-10(17)12(15)9-11-5-7-16(8-6-11)13(18)19-14(2,3)4/h10-12,17H,5-9,15H2,1-4H3/t10-,12-/m1/s1. The minimum Gasteiger partial charge on any atom is -0.444 e. The first-order valence-corrected chi connectivity index (χ1v) is 7.10. The molecule has 0 spiro atoms. The number of aliphatic hydroxyl groups is 1. The maximum absolute atomic E-state index is 11.9. The highest BCUT2D eigenvalue weighted by Crippen LogP contribution is 2.23. The van der Waals surface area contributed by atoms with Crippen LogP contribution < -0.4 is 5.73 Å². The van der Waals surface area contributed by atoms with Gasteiger partial charge in [0.2, 0.25) is 0 Å². The minimum absolute atomic E-state index is 0.168. The molecule has 1 fully saturated rings. The molecule has 19 heavy (non-hydrogen) atoms. The predicted octanol–water partition coefficient (Wildman–Crippen LogP) is 1.73. The molecular weight excluding hydrogens is 244 g/mol. The fraction of sp³-hybridized carbons (Fsp3) is 0.929. The number of hydrogen-bond acceptors (Lipinski definition) is 4. The van der Waals surface area contributed by atoms with Gasteiger partial charge in [-0.1, -0.05) is 0 Å². The van der Waals surface area contributed by atoms with E-state index in [1.165, 1.54) is 0 Å². The summed E-state index contributed by atoms with van der Waals surface area (Å²) in [5.74, 6) is 0.489.